The topological polar surface area (TPSA) is 57.5 Å². The van der Waals surface area contributed by atoms with Crippen molar-refractivity contribution < 1.29 is 19.1 Å². The zero-order valence-corrected chi connectivity index (χ0v) is 15.0. The molecule has 0 atom stereocenters. The van der Waals surface area contributed by atoms with Crippen LogP contribution in [0.2, 0.25) is 0 Å². The molecule has 0 N–H and O–H groups in total. The standard InChI is InChI=1S/C21H21NO4/c1-4-9-22-14(2)10-18(15(22)3)19(23)13-26-21(24)17-11-16-7-5-6-8-20(16)25-12-17/h4-8,10-11H,1,9,12-13H2,2-3H3. The third-order valence-electron chi connectivity index (χ3n) is 4.41. The van der Waals surface area contributed by atoms with E-state index in [2.05, 4.69) is 6.58 Å². The SMILES string of the molecule is C=CCn1c(C)cc(C(=O)COC(=O)C2=Cc3ccccc3OC2)c1C. The Balaban J connectivity index is 1.67. The van der Waals surface area contributed by atoms with E-state index in [9.17, 15) is 9.59 Å². The van der Waals surface area contributed by atoms with Gasteiger partial charge in [-0.05, 0) is 32.1 Å². The molecule has 1 aromatic carbocycles. The fraction of sp³-hybridized carbons (Fsp3) is 0.238. The average molecular weight is 351 g/mol. The third kappa shape index (κ3) is 3.47. The van der Waals surface area contributed by atoms with Crippen LogP contribution in [0.4, 0.5) is 0 Å². The number of aryl methyl sites for hydroxylation is 1. The minimum atomic E-state index is -0.534. The molecule has 1 aliphatic heterocycles. The predicted octanol–water partition coefficient (Wildman–Crippen LogP) is 3.49. The Kier molecular flexibility index (Phi) is 5.07. The third-order valence-corrected chi connectivity index (χ3v) is 4.41. The highest BCUT2D eigenvalue weighted by molar-refractivity contribution is 6.01. The second-order valence-corrected chi connectivity index (χ2v) is 6.18. The quantitative estimate of drug-likeness (QED) is 0.454. The Labute approximate surface area is 152 Å². The van der Waals surface area contributed by atoms with E-state index in [0.717, 1.165) is 22.7 Å². The molecule has 1 aliphatic rings. The summed E-state index contributed by atoms with van der Waals surface area (Å²) in [5.74, 6) is -0.0259. The van der Waals surface area contributed by atoms with Crippen molar-refractivity contribution in [3.63, 3.8) is 0 Å². The summed E-state index contributed by atoms with van der Waals surface area (Å²) in [6, 6.07) is 9.26. The first-order chi connectivity index (χ1) is 12.5. The number of rotatable bonds is 6. The summed E-state index contributed by atoms with van der Waals surface area (Å²) in [6.45, 7) is 8.01. The van der Waals surface area contributed by atoms with Crippen molar-refractivity contribution in [1.82, 2.24) is 4.57 Å². The molecule has 1 aromatic heterocycles. The van der Waals surface area contributed by atoms with Gasteiger partial charge in [-0.2, -0.15) is 0 Å². The Morgan fingerprint density at radius 2 is 2.08 bits per heavy atom. The molecule has 2 aromatic rings. The van der Waals surface area contributed by atoms with E-state index in [0.29, 0.717) is 17.7 Å². The molecule has 0 radical (unpaired) electrons. The van der Waals surface area contributed by atoms with Gasteiger partial charge in [0.1, 0.15) is 12.4 Å². The maximum absolute atomic E-state index is 12.5. The highest BCUT2D eigenvalue weighted by Crippen LogP contribution is 2.26. The molecule has 0 amide bonds. The number of ether oxygens (including phenoxy) is 2. The Morgan fingerprint density at radius 3 is 2.85 bits per heavy atom. The van der Waals surface area contributed by atoms with Crippen LogP contribution < -0.4 is 4.74 Å². The molecule has 5 heteroatoms. The molecule has 2 heterocycles. The molecule has 0 saturated heterocycles. The van der Waals surface area contributed by atoms with Crippen molar-refractivity contribution in [2.75, 3.05) is 13.2 Å². The van der Waals surface area contributed by atoms with Gasteiger partial charge in [-0.3, -0.25) is 4.79 Å². The van der Waals surface area contributed by atoms with Crippen LogP contribution in [0.15, 0.2) is 48.6 Å². The van der Waals surface area contributed by atoms with Gasteiger partial charge in [0.2, 0.25) is 5.78 Å². The number of allylic oxidation sites excluding steroid dienone is 1. The van der Waals surface area contributed by atoms with Crippen LogP contribution in [0.3, 0.4) is 0 Å². The number of benzene rings is 1. The molecule has 3 rings (SSSR count). The lowest BCUT2D eigenvalue weighted by atomic mass is 10.1. The molecule has 134 valence electrons. The number of hydrogen-bond acceptors (Lipinski definition) is 4. The summed E-state index contributed by atoms with van der Waals surface area (Å²) >= 11 is 0. The van der Waals surface area contributed by atoms with Crippen molar-refractivity contribution in [2.45, 2.75) is 20.4 Å². The van der Waals surface area contributed by atoms with Gasteiger partial charge in [0.15, 0.2) is 6.61 Å². The summed E-state index contributed by atoms with van der Waals surface area (Å²) in [4.78, 5) is 24.7. The molecular weight excluding hydrogens is 330 g/mol. The van der Waals surface area contributed by atoms with Gasteiger partial charge >= 0.3 is 5.97 Å². The maximum Gasteiger partial charge on any atom is 0.337 e. The van der Waals surface area contributed by atoms with Gasteiger partial charge in [-0.15, -0.1) is 6.58 Å². The number of para-hydroxylation sites is 1. The molecule has 0 spiro atoms. The van der Waals surface area contributed by atoms with Crippen LogP contribution in [0.1, 0.15) is 27.3 Å². The summed E-state index contributed by atoms with van der Waals surface area (Å²) in [5, 5.41) is 0. The summed E-state index contributed by atoms with van der Waals surface area (Å²) in [6.07, 6.45) is 3.52. The number of hydrogen-bond donors (Lipinski definition) is 0. The molecule has 26 heavy (non-hydrogen) atoms. The van der Waals surface area contributed by atoms with E-state index in [1.54, 1.807) is 12.2 Å². The molecule has 0 aliphatic carbocycles. The van der Waals surface area contributed by atoms with Gasteiger partial charge in [0, 0.05) is 29.1 Å². The summed E-state index contributed by atoms with van der Waals surface area (Å²) < 4.78 is 12.8. The van der Waals surface area contributed by atoms with Crippen LogP contribution in [-0.2, 0) is 16.1 Å². The molecule has 0 unspecified atom stereocenters. The van der Waals surface area contributed by atoms with Gasteiger partial charge < -0.3 is 14.0 Å². The van der Waals surface area contributed by atoms with Crippen LogP contribution in [0, 0.1) is 13.8 Å². The number of aromatic nitrogens is 1. The first-order valence-corrected chi connectivity index (χ1v) is 8.41. The fourth-order valence-corrected chi connectivity index (χ4v) is 3.03. The maximum atomic E-state index is 12.5. The molecular formula is C21H21NO4. The molecule has 5 nitrogen and oxygen atoms in total. The zero-order chi connectivity index (χ0) is 18.7. The monoisotopic (exact) mass is 351 g/mol. The number of esters is 1. The van der Waals surface area contributed by atoms with Gasteiger partial charge in [-0.25, -0.2) is 4.79 Å². The van der Waals surface area contributed by atoms with Crippen molar-refractivity contribution in [3.8, 4) is 5.75 Å². The average Bonchev–Trinajstić information content (AvgIpc) is 2.94. The van der Waals surface area contributed by atoms with Crippen molar-refractivity contribution in [2.24, 2.45) is 0 Å². The minimum absolute atomic E-state index is 0.137. The lowest BCUT2D eigenvalue weighted by molar-refractivity contribution is -0.138. The van der Waals surface area contributed by atoms with Gasteiger partial charge in [0.25, 0.3) is 0 Å². The van der Waals surface area contributed by atoms with E-state index < -0.39 is 5.97 Å². The Bertz CT molecular complexity index is 905. The molecule has 0 saturated carbocycles. The number of carbonyl (C=O) groups excluding carboxylic acids is 2. The van der Waals surface area contributed by atoms with E-state index in [1.807, 2.05) is 48.7 Å². The zero-order valence-electron chi connectivity index (χ0n) is 15.0. The summed E-state index contributed by atoms with van der Waals surface area (Å²) in [7, 11) is 0. The number of carbonyl (C=O) groups is 2. The van der Waals surface area contributed by atoms with Crippen molar-refractivity contribution in [3.05, 3.63) is 71.1 Å². The lowest BCUT2D eigenvalue weighted by Gasteiger charge is -2.16. The van der Waals surface area contributed by atoms with E-state index in [-0.39, 0.29) is 19.0 Å². The fourth-order valence-electron chi connectivity index (χ4n) is 3.03. The number of ketones is 1. The lowest BCUT2D eigenvalue weighted by Crippen LogP contribution is -2.20. The first kappa shape index (κ1) is 17.7. The normalized spacial score (nSPS) is 12.6. The number of Topliss-reactive ketones (excluding diaryl/α,β-unsaturated/α-hetero) is 1. The second kappa shape index (κ2) is 7.44. The van der Waals surface area contributed by atoms with Crippen molar-refractivity contribution in [1.29, 1.82) is 0 Å². The van der Waals surface area contributed by atoms with E-state index >= 15 is 0 Å². The molecule has 0 fully saturated rings. The summed E-state index contributed by atoms with van der Waals surface area (Å²) in [5.41, 5.74) is 3.60. The van der Waals surface area contributed by atoms with Crippen LogP contribution in [-0.4, -0.2) is 29.5 Å². The highest BCUT2D eigenvalue weighted by Gasteiger charge is 2.21. The highest BCUT2D eigenvalue weighted by atomic mass is 16.5. The Hall–Kier alpha value is -3.08. The van der Waals surface area contributed by atoms with Crippen LogP contribution in [0.25, 0.3) is 6.08 Å². The predicted molar refractivity (Wildman–Crippen MR) is 99.3 cm³/mol. The van der Waals surface area contributed by atoms with Gasteiger partial charge in [0.05, 0.1) is 5.57 Å². The van der Waals surface area contributed by atoms with Gasteiger partial charge in [-0.1, -0.05) is 24.3 Å². The smallest absolute Gasteiger partial charge is 0.337 e. The largest absolute Gasteiger partial charge is 0.488 e. The number of nitrogens with zero attached hydrogens (tertiary/aromatic N) is 1. The Morgan fingerprint density at radius 1 is 1.31 bits per heavy atom. The molecule has 0 bridgehead atoms. The van der Waals surface area contributed by atoms with E-state index in [1.165, 1.54) is 0 Å². The van der Waals surface area contributed by atoms with E-state index in [4.69, 9.17) is 9.47 Å². The second-order valence-electron chi connectivity index (χ2n) is 6.18. The minimum Gasteiger partial charge on any atom is -0.488 e. The van der Waals surface area contributed by atoms with Crippen LogP contribution in [0.5, 0.6) is 5.75 Å². The van der Waals surface area contributed by atoms with Crippen LogP contribution >= 0.6 is 0 Å². The first-order valence-electron chi connectivity index (χ1n) is 8.41. The number of fused-ring (bicyclic) bond motifs is 1. The van der Waals surface area contributed by atoms with Crippen molar-refractivity contribution >= 4 is 17.8 Å².